The average molecular weight is 255 g/mol. The summed E-state index contributed by atoms with van der Waals surface area (Å²) in [5.74, 6) is -1.97. The van der Waals surface area contributed by atoms with Crippen molar-refractivity contribution in [3.8, 4) is 6.07 Å². The van der Waals surface area contributed by atoms with Crippen molar-refractivity contribution >= 4 is 11.9 Å². The topological polar surface area (TPSA) is 122 Å². The van der Waals surface area contributed by atoms with E-state index in [0.717, 1.165) is 6.20 Å². The maximum absolute atomic E-state index is 11.5. The van der Waals surface area contributed by atoms with Gasteiger partial charge >= 0.3 is 5.97 Å². The average Bonchev–Trinajstić information content (AvgIpc) is 2.29. The summed E-state index contributed by atoms with van der Waals surface area (Å²) in [4.78, 5) is 22.1. The number of hydrogen-bond donors (Lipinski definition) is 4. The molecule has 7 nitrogen and oxygen atoms in total. The number of amides is 1. The molecule has 0 fully saturated rings. The van der Waals surface area contributed by atoms with Crippen LogP contribution in [0, 0.1) is 11.3 Å². The van der Waals surface area contributed by atoms with Gasteiger partial charge in [-0.25, -0.2) is 0 Å². The van der Waals surface area contributed by atoms with Crippen molar-refractivity contribution < 1.29 is 19.8 Å². The molecular weight excluding hydrogens is 238 g/mol. The predicted molar refractivity (Wildman–Crippen MR) is 63.2 cm³/mol. The number of carbonyl (C=O) groups is 2. The lowest BCUT2D eigenvalue weighted by Crippen LogP contribution is -2.41. The van der Waals surface area contributed by atoms with Crippen molar-refractivity contribution in [2.45, 2.75) is 32.4 Å². The van der Waals surface area contributed by atoms with E-state index in [1.54, 1.807) is 19.9 Å². The number of carboxylic acid groups (broad SMARTS) is 1. The summed E-state index contributed by atoms with van der Waals surface area (Å²) in [5, 5.41) is 31.2. The van der Waals surface area contributed by atoms with Gasteiger partial charge in [0, 0.05) is 6.20 Å². The van der Waals surface area contributed by atoms with E-state index >= 15 is 0 Å². The van der Waals surface area contributed by atoms with Crippen molar-refractivity contribution in [1.82, 2.24) is 10.6 Å². The Kier molecular flexibility index (Phi) is 5.85. The molecule has 0 radical (unpaired) electrons. The first kappa shape index (κ1) is 15.9. The molecule has 0 rings (SSSR count). The lowest BCUT2D eigenvalue weighted by molar-refractivity contribution is -0.140. The number of nitrogens with zero attached hydrogens (tertiary/aromatic N) is 1. The van der Waals surface area contributed by atoms with Gasteiger partial charge in [0.15, 0.2) is 0 Å². The molecule has 0 aliphatic rings. The van der Waals surface area contributed by atoms with Gasteiger partial charge in [0.05, 0.1) is 12.1 Å². The predicted octanol–water partition coefficient (Wildman–Crippen LogP) is -0.656. The Morgan fingerprint density at radius 1 is 1.50 bits per heavy atom. The molecule has 0 saturated heterocycles. The monoisotopic (exact) mass is 255 g/mol. The van der Waals surface area contributed by atoms with Crippen LogP contribution in [-0.2, 0) is 9.59 Å². The molecule has 7 heteroatoms. The SMILES string of the molecule is CC(NC(=O)/C(C#N)=C\NC(C)(C)CO)C(=O)O. The number of carbonyl (C=O) groups excluding carboxylic acids is 1. The second-order valence-electron chi connectivity index (χ2n) is 4.39. The number of carboxylic acids is 1. The van der Waals surface area contributed by atoms with E-state index in [1.807, 2.05) is 0 Å². The molecule has 0 bridgehead atoms. The maximum Gasteiger partial charge on any atom is 0.325 e. The second-order valence-corrected chi connectivity index (χ2v) is 4.39. The summed E-state index contributed by atoms with van der Waals surface area (Å²) in [6, 6.07) is 0.572. The minimum atomic E-state index is -1.19. The molecule has 0 heterocycles. The van der Waals surface area contributed by atoms with Crippen LogP contribution in [0.3, 0.4) is 0 Å². The van der Waals surface area contributed by atoms with Crippen molar-refractivity contribution in [2.24, 2.45) is 0 Å². The first-order valence-corrected chi connectivity index (χ1v) is 5.26. The van der Waals surface area contributed by atoms with Gasteiger partial charge in [-0.2, -0.15) is 5.26 Å². The molecule has 0 aromatic carbocycles. The van der Waals surface area contributed by atoms with Crippen LogP contribution in [0.25, 0.3) is 0 Å². The summed E-state index contributed by atoms with van der Waals surface area (Å²) in [7, 11) is 0. The summed E-state index contributed by atoms with van der Waals surface area (Å²) in [5.41, 5.74) is -0.939. The lowest BCUT2D eigenvalue weighted by Gasteiger charge is -2.22. The van der Waals surface area contributed by atoms with E-state index in [0.29, 0.717) is 0 Å². The first-order valence-electron chi connectivity index (χ1n) is 5.26. The Labute approximate surface area is 105 Å². The third-order valence-corrected chi connectivity index (χ3v) is 2.09. The molecule has 0 aliphatic carbocycles. The zero-order valence-corrected chi connectivity index (χ0v) is 10.5. The van der Waals surface area contributed by atoms with E-state index in [4.69, 9.17) is 15.5 Å². The quantitative estimate of drug-likeness (QED) is 0.369. The second kappa shape index (κ2) is 6.61. The molecule has 0 aromatic rings. The normalized spacial score (nSPS) is 13.4. The van der Waals surface area contributed by atoms with Crippen molar-refractivity contribution in [2.75, 3.05) is 6.61 Å². The van der Waals surface area contributed by atoms with E-state index in [-0.39, 0.29) is 12.2 Å². The third-order valence-electron chi connectivity index (χ3n) is 2.09. The number of aliphatic hydroxyl groups is 1. The highest BCUT2D eigenvalue weighted by Crippen LogP contribution is 2.01. The largest absolute Gasteiger partial charge is 0.480 e. The smallest absolute Gasteiger partial charge is 0.325 e. The van der Waals surface area contributed by atoms with Crippen molar-refractivity contribution in [1.29, 1.82) is 5.26 Å². The molecule has 1 unspecified atom stereocenters. The number of hydrogen-bond acceptors (Lipinski definition) is 5. The third kappa shape index (κ3) is 5.32. The minimum Gasteiger partial charge on any atom is -0.480 e. The highest BCUT2D eigenvalue weighted by Gasteiger charge is 2.19. The van der Waals surface area contributed by atoms with Crippen LogP contribution in [0.1, 0.15) is 20.8 Å². The number of nitriles is 1. The molecule has 0 spiro atoms. The lowest BCUT2D eigenvalue weighted by atomic mass is 10.1. The van der Waals surface area contributed by atoms with Crippen molar-refractivity contribution in [3.05, 3.63) is 11.8 Å². The maximum atomic E-state index is 11.5. The fraction of sp³-hybridized carbons (Fsp3) is 0.545. The van der Waals surface area contributed by atoms with Crippen molar-refractivity contribution in [3.63, 3.8) is 0 Å². The Balaban J connectivity index is 4.70. The summed E-state index contributed by atoms with van der Waals surface area (Å²) < 4.78 is 0. The van der Waals surface area contributed by atoms with Crippen LogP contribution >= 0.6 is 0 Å². The zero-order chi connectivity index (χ0) is 14.3. The summed E-state index contributed by atoms with van der Waals surface area (Å²) >= 11 is 0. The highest BCUT2D eigenvalue weighted by atomic mass is 16.4. The molecule has 0 aliphatic heterocycles. The Morgan fingerprint density at radius 2 is 2.06 bits per heavy atom. The molecule has 0 saturated carbocycles. The molecule has 1 amide bonds. The highest BCUT2D eigenvalue weighted by molar-refractivity contribution is 5.99. The van der Waals surface area contributed by atoms with E-state index < -0.39 is 23.5 Å². The minimum absolute atomic E-state index is 0.185. The Hall–Kier alpha value is -2.07. The Morgan fingerprint density at radius 3 is 2.44 bits per heavy atom. The van der Waals surface area contributed by atoms with Crippen LogP contribution in [0.5, 0.6) is 0 Å². The molecule has 18 heavy (non-hydrogen) atoms. The van der Waals surface area contributed by atoms with Gasteiger partial charge in [-0.15, -0.1) is 0 Å². The standard InChI is InChI=1S/C11H17N3O4/c1-7(10(17)18)14-9(16)8(4-12)5-13-11(2,3)6-15/h5,7,13,15H,6H2,1-3H3,(H,14,16)(H,17,18)/b8-5-. The van der Waals surface area contributed by atoms with E-state index in [9.17, 15) is 9.59 Å². The fourth-order valence-corrected chi connectivity index (χ4v) is 0.798. The van der Waals surface area contributed by atoms with Gasteiger partial charge in [-0.3, -0.25) is 9.59 Å². The van der Waals surface area contributed by atoms with Gasteiger partial charge in [-0.1, -0.05) is 0 Å². The first-order chi connectivity index (χ1) is 8.23. The number of rotatable bonds is 6. The van der Waals surface area contributed by atoms with Gasteiger partial charge in [0.1, 0.15) is 17.7 Å². The summed E-state index contributed by atoms with van der Waals surface area (Å²) in [6.45, 7) is 4.46. The number of aliphatic carboxylic acids is 1. The zero-order valence-electron chi connectivity index (χ0n) is 10.5. The van der Waals surface area contributed by atoms with Gasteiger partial charge in [-0.05, 0) is 20.8 Å². The van der Waals surface area contributed by atoms with E-state index in [1.165, 1.54) is 6.92 Å². The number of aliphatic hydroxyl groups excluding tert-OH is 1. The fourth-order valence-electron chi connectivity index (χ4n) is 0.798. The van der Waals surface area contributed by atoms with Crippen LogP contribution in [0.2, 0.25) is 0 Å². The van der Waals surface area contributed by atoms with Gasteiger partial charge in [0.25, 0.3) is 5.91 Å². The van der Waals surface area contributed by atoms with E-state index in [2.05, 4.69) is 10.6 Å². The molecule has 1 atom stereocenters. The molecule has 0 aromatic heterocycles. The van der Waals surface area contributed by atoms with Crippen LogP contribution < -0.4 is 10.6 Å². The van der Waals surface area contributed by atoms with Crippen LogP contribution in [-0.4, -0.2) is 40.3 Å². The van der Waals surface area contributed by atoms with Crippen LogP contribution in [0.4, 0.5) is 0 Å². The van der Waals surface area contributed by atoms with Crippen LogP contribution in [0.15, 0.2) is 11.8 Å². The molecular formula is C11H17N3O4. The molecule has 100 valence electrons. The van der Waals surface area contributed by atoms with Gasteiger partial charge in [0.2, 0.25) is 0 Å². The molecule has 4 N–H and O–H groups in total. The number of nitrogens with one attached hydrogen (secondary N) is 2. The Bertz CT molecular complexity index is 396. The van der Waals surface area contributed by atoms with Gasteiger partial charge < -0.3 is 20.8 Å². The summed E-state index contributed by atoms with van der Waals surface area (Å²) in [6.07, 6.45) is 1.15.